The molecule has 11 N–H and O–H groups in total. The van der Waals surface area contributed by atoms with Crippen LogP contribution in [0.5, 0.6) is 11.5 Å². The number of carboxylic acids is 2. The normalized spacial score (nSPS) is 27.4. The Morgan fingerprint density at radius 2 is 1.56 bits per heavy atom. The predicted octanol–water partition coefficient (Wildman–Crippen LogP) is 2.13. The summed E-state index contributed by atoms with van der Waals surface area (Å²) in [6.07, 6.45) is -11.8. The number of likely N-dealkylation sites (N-methyl/N-ethyl adjacent to an activating group) is 1. The van der Waals surface area contributed by atoms with Gasteiger partial charge in [-0.05, 0) is 88.3 Å². The van der Waals surface area contributed by atoms with Crippen LogP contribution < -0.4 is 36.1 Å². The van der Waals surface area contributed by atoms with Gasteiger partial charge in [0, 0.05) is 72.1 Å². The fraction of sp³-hybridized carbons (Fsp3) is 0.629. The number of halogens is 1. The number of ether oxygens (including phenoxy) is 10. The van der Waals surface area contributed by atoms with Gasteiger partial charge in [0.05, 0.1) is 69.9 Å². The molecule has 5 aliphatic heterocycles. The van der Waals surface area contributed by atoms with E-state index in [9.17, 15) is 73.5 Å². The average Bonchev–Trinajstić information content (AvgIpc) is 1.57. The zero-order valence-corrected chi connectivity index (χ0v) is 61.4. The van der Waals surface area contributed by atoms with Gasteiger partial charge in [0.2, 0.25) is 35.8 Å². The number of nitrogens with two attached hydrogens (primary N) is 1. The first-order chi connectivity index (χ1) is 49.5. The standard InChI is InChI=1S/C70H99ClN8O26/c1-36(2)56(72)63(89)73-39(5)62(88)74-44-16-15-41(31-46(44)101-66-59(87)57(85)58(86)60(104-66)64(90)91)35-100-68(94)78-22-19-43(20-23-78)79(24-26-99-28-27-98-25-21-54(83)84)52(81)18-17-51(80)76(8)40(6)65(92)103-50-33-53(82)77(9)45-30-42(32-47(96-10)55(45)71)29-37(3)13-12-14-49(97-11)70(95)34-48(102-67(93)75-70)38(4)61-69(50,7)105-61/h12-16,30-32,36,38-40,43,48-50,56-61,66,85-87,95H,17-29,33-35,72H2,1-11H3,(H,73,89)(H,74,88)(H,75,93)(H,83,84)(H,90,91)/b14-12-,37-13-/t38-,39+,40+,48+,49-,50+,56+,57+,58+,59-,60+,61?,66-,69-,70+/m1/s1. The van der Waals surface area contributed by atoms with Crippen LogP contribution in [0.15, 0.2) is 54.1 Å². The second-order valence-electron chi connectivity index (χ2n) is 27.3. The second-order valence-corrected chi connectivity index (χ2v) is 27.7. The molecule has 4 fully saturated rings. The minimum atomic E-state index is -2.06. The molecule has 35 heteroatoms. The van der Waals surface area contributed by atoms with Crippen LogP contribution >= 0.6 is 11.6 Å². The molecule has 2 aromatic rings. The lowest BCUT2D eigenvalue weighted by Gasteiger charge is -2.42. The number of epoxide rings is 1. The molecule has 4 bridgehead atoms. The lowest BCUT2D eigenvalue weighted by molar-refractivity contribution is -0.271. The number of allylic oxidation sites excluding steroid dienone is 3. The van der Waals surface area contributed by atoms with E-state index >= 15 is 0 Å². The highest BCUT2D eigenvalue weighted by Crippen LogP contribution is 2.49. The molecule has 5 heterocycles. The van der Waals surface area contributed by atoms with E-state index in [1.54, 1.807) is 52.0 Å². The van der Waals surface area contributed by atoms with Crippen molar-refractivity contribution in [3.05, 3.63) is 70.3 Å². The predicted molar refractivity (Wildman–Crippen MR) is 371 cm³/mol. The molecular weight excluding hydrogens is 1400 g/mol. The molecule has 7 rings (SSSR count). The number of nitrogens with zero attached hydrogens (tertiary/aromatic N) is 4. The Labute approximate surface area is 612 Å². The minimum Gasteiger partial charge on any atom is -0.495 e. The molecule has 1 unspecified atom stereocenters. The Hall–Kier alpha value is -8.29. The Balaban J connectivity index is 1.03. The zero-order chi connectivity index (χ0) is 77.5. The summed E-state index contributed by atoms with van der Waals surface area (Å²) in [5, 5.41) is 70.0. The first-order valence-electron chi connectivity index (χ1n) is 34.5. The number of rotatable bonds is 28. The highest BCUT2D eigenvalue weighted by atomic mass is 35.5. The van der Waals surface area contributed by atoms with Crippen LogP contribution in [0.3, 0.4) is 0 Å². The number of nitrogens with one attached hydrogen (secondary N) is 3. The van der Waals surface area contributed by atoms with Gasteiger partial charge < -0.3 is 114 Å². The number of carbonyl (C=O) groups is 10. The first-order valence-corrected chi connectivity index (χ1v) is 34.9. The quantitative estimate of drug-likeness (QED) is 0.0252. The number of likely N-dealkylation sites (tertiary alicyclic amines) is 1. The van der Waals surface area contributed by atoms with Crippen molar-refractivity contribution < 1.29 is 126 Å². The summed E-state index contributed by atoms with van der Waals surface area (Å²) in [6.45, 7) is 11.2. The van der Waals surface area contributed by atoms with E-state index in [0.717, 1.165) is 10.5 Å². The number of benzene rings is 2. The maximum absolute atomic E-state index is 14.6. The van der Waals surface area contributed by atoms with E-state index in [0.29, 0.717) is 12.0 Å². The molecule has 0 aromatic heterocycles. The second kappa shape index (κ2) is 37.3. The number of carbonyl (C=O) groups excluding carboxylic acids is 8. The highest BCUT2D eigenvalue weighted by molar-refractivity contribution is 6.35. The van der Waals surface area contributed by atoms with Gasteiger partial charge in [-0.25, -0.2) is 19.2 Å². The van der Waals surface area contributed by atoms with Gasteiger partial charge in [-0.3, -0.25) is 34.1 Å². The van der Waals surface area contributed by atoms with E-state index in [4.69, 9.17) is 69.8 Å². The first kappa shape index (κ1) is 84.0. The molecule has 34 nitrogen and oxygen atoms in total. The van der Waals surface area contributed by atoms with Crippen LogP contribution in [0.2, 0.25) is 5.02 Å². The molecule has 105 heavy (non-hydrogen) atoms. The van der Waals surface area contributed by atoms with Gasteiger partial charge in [-0.2, -0.15) is 0 Å². The van der Waals surface area contributed by atoms with Crippen LogP contribution in [-0.2, 0) is 89.3 Å². The summed E-state index contributed by atoms with van der Waals surface area (Å²) < 4.78 is 57.6. The number of aliphatic carboxylic acids is 2. The van der Waals surface area contributed by atoms with Gasteiger partial charge in [0.1, 0.15) is 77.4 Å². The largest absolute Gasteiger partial charge is 0.495 e. The Kier molecular flexibility index (Phi) is 29.8. The number of carboxylic acid groups (broad SMARTS) is 2. The maximum atomic E-state index is 14.6. The third-order valence-electron chi connectivity index (χ3n) is 19.4. The Bertz CT molecular complexity index is 3520. The van der Waals surface area contributed by atoms with Gasteiger partial charge >= 0.3 is 30.1 Å². The molecule has 0 spiro atoms. The summed E-state index contributed by atoms with van der Waals surface area (Å²) in [6, 6.07) is 3.58. The monoisotopic (exact) mass is 1500 g/mol. The number of methoxy groups -OCH3 is 2. The summed E-state index contributed by atoms with van der Waals surface area (Å²) in [7, 11) is 5.67. The molecule has 0 radical (unpaired) electrons. The Morgan fingerprint density at radius 1 is 0.886 bits per heavy atom. The van der Waals surface area contributed by atoms with Gasteiger partial charge in [0.25, 0.3) is 0 Å². The number of hydrogen-bond acceptors (Lipinski definition) is 25. The average molecular weight is 1500 g/mol. The number of aliphatic hydroxyl groups is 4. The van der Waals surface area contributed by atoms with Crippen LogP contribution in [0.1, 0.15) is 105 Å². The van der Waals surface area contributed by atoms with Gasteiger partial charge in [-0.1, -0.05) is 62.2 Å². The molecular formula is C70H99ClN8O26. The number of amides is 7. The Morgan fingerprint density at radius 3 is 2.21 bits per heavy atom. The van der Waals surface area contributed by atoms with E-state index in [-0.39, 0.29) is 118 Å². The van der Waals surface area contributed by atoms with Crippen molar-refractivity contribution in [1.29, 1.82) is 0 Å². The summed E-state index contributed by atoms with van der Waals surface area (Å²) >= 11 is 6.87. The molecule has 582 valence electrons. The van der Waals surface area contributed by atoms with Crippen molar-refractivity contribution in [2.45, 2.75) is 197 Å². The number of fused-ring (bicyclic) bond motifs is 5. The van der Waals surface area contributed by atoms with Gasteiger partial charge in [-0.15, -0.1) is 0 Å². The van der Waals surface area contributed by atoms with Crippen LogP contribution in [-0.4, -0.2) is 270 Å². The smallest absolute Gasteiger partial charge is 0.410 e. The number of piperidine rings is 1. The minimum absolute atomic E-state index is 0.0119. The van der Waals surface area contributed by atoms with Crippen molar-refractivity contribution in [2.75, 3.05) is 84.6 Å². The van der Waals surface area contributed by atoms with E-state index in [1.165, 1.54) is 75.1 Å². The molecule has 0 saturated carbocycles. The third kappa shape index (κ3) is 21.7. The number of esters is 1. The topological polar surface area (TPSA) is 463 Å². The van der Waals surface area contributed by atoms with E-state index < -0.39 is 176 Å². The van der Waals surface area contributed by atoms with Crippen LogP contribution in [0.4, 0.5) is 21.0 Å². The molecule has 0 aliphatic carbocycles. The SMILES string of the molecule is COc1cc2cc(c1Cl)N(C)C(=O)C[C@H](OC(=O)[C@H](C)N(C)C(=O)CCC(=O)N(CCOCCOCCC(=O)O)C1CCN(C(=O)OCc3ccc(NC(=O)[C@H](C)NC(=O)[C@@H](N)C(C)C)c(O[C@@H]4O[C@H](C(=O)O)[C@@H](O)[C@H](O)[C@H]4O)c3)CC1)[C@@]1(C)OC1[C@H](C)[C@@H]1C[C@@](O)(NC(=O)O1)[C@H](OC)/C=C\C=C(\C)C2. The fourth-order valence-electron chi connectivity index (χ4n) is 12.6. The van der Waals surface area contributed by atoms with Crippen molar-refractivity contribution in [1.82, 2.24) is 25.3 Å². The summed E-state index contributed by atoms with van der Waals surface area (Å²) in [5.41, 5.74) is 4.57. The van der Waals surface area contributed by atoms with Crippen molar-refractivity contribution in [2.24, 2.45) is 17.6 Å². The molecule has 7 amide bonds. The lowest BCUT2D eigenvalue weighted by Crippen LogP contribution is -2.63. The van der Waals surface area contributed by atoms with Crippen molar-refractivity contribution in [3.63, 3.8) is 0 Å². The van der Waals surface area contributed by atoms with E-state index in [2.05, 4.69) is 16.0 Å². The summed E-state index contributed by atoms with van der Waals surface area (Å²) in [5.74, 6) is -7.67. The number of hydrogen-bond donors (Lipinski definition) is 10. The summed E-state index contributed by atoms with van der Waals surface area (Å²) in [4.78, 5) is 139. The van der Waals surface area contributed by atoms with Crippen molar-refractivity contribution >= 4 is 82.6 Å². The lowest BCUT2D eigenvalue weighted by atomic mass is 9.83. The van der Waals surface area contributed by atoms with Crippen LogP contribution in [0.25, 0.3) is 0 Å². The maximum Gasteiger partial charge on any atom is 0.410 e. The zero-order valence-electron chi connectivity index (χ0n) is 60.7. The third-order valence-corrected chi connectivity index (χ3v) is 19.7. The van der Waals surface area contributed by atoms with Crippen molar-refractivity contribution in [3.8, 4) is 11.5 Å². The molecule has 15 atom stereocenters. The van der Waals surface area contributed by atoms with E-state index in [1.807, 2.05) is 13.0 Å². The fourth-order valence-corrected chi connectivity index (χ4v) is 12.9. The molecule has 4 saturated heterocycles. The highest BCUT2D eigenvalue weighted by Gasteiger charge is 2.65. The molecule has 2 aromatic carbocycles. The van der Waals surface area contributed by atoms with Gasteiger partial charge in [0.15, 0.2) is 11.8 Å². The number of aliphatic hydroxyl groups excluding tert-OH is 3. The number of alkyl carbamates (subject to hydrolysis) is 1. The van der Waals surface area contributed by atoms with Crippen LogP contribution in [0, 0.1) is 11.8 Å². The molecule has 5 aliphatic rings. The number of anilines is 2.